The van der Waals surface area contributed by atoms with Gasteiger partial charge in [-0.25, -0.2) is 9.67 Å². The summed E-state index contributed by atoms with van der Waals surface area (Å²) in [6, 6.07) is 9.34. The molecule has 2 N–H and O–H groups in total. The monoisotopic (exact) mass is 337 g/mol. The summed E-state index contributed by atoms with van der Waals surface area (Å²) >= 11 is 0. The molecule has 2 aromatic heterocycles. The van der Waals surface area contributed by atoms with E-state index in [1.54, 1.807) is 9.47 Å². The van der Waals surface area contributed by atoms with Gasteiger partial charge in [-0.1, -0.05) is 23.4 Å². The van der Waals surface area contributed by atoms with Crippen molar-refractivity contribution in [1.29, 1.82) is 0 Å². The van der Waals surface area contributed by atoms with Crippen LogP contribution in [0.15, 0.2) is 42.7 Å². The fourth-order valence-electron chi connectivity index (χ4n) is 2.93. The fourth-order valence-corrected chi connectivity index (χ4v) is 2.93. The second-order valence-electron chi connectivity index (χ2n) is 5.67. The topological polar surface area (TPSA) is 112 Å². The Labute approximate surface area is 142 Å². The number of nitrogens with two attached hydrogens (primary N) is 1. The van der Waals surface area contributed by atoms with E-state index >= 15 is 0 Å². The highest BCUT2D eigenvalue weighted by Crippen LogP contribution is 2.17. The predicted molar refractivity (Wildman–Crippen MR) is 86.8 cm³/mol. The van der Waals surface area contributed by atoms with Crippen molar-refractivity contribution in [3.05, 3.63) is 59.9 Å². The van der Waals surface area contributed by atoms with Crippen LogP contribution in [0.5, 0.6) is 0 Å². The number of imidazole rings is 1. The maximum atomic E-state index is 12.9. The van der Waals surface area contributed by atoms with E-state index in [2.05, 4.69) is 15.3 Å². The third kappa shape index (κ3) is 2.55. The van der Waals surface area contributed by atoms with E-state index in [9.17, 15) is 9.59 Å². The van der Waals surface area contributed by atoms with Crippen LogP contribution in [0.25, 0.3) is 5.69 Å². The van der Waals surface area contributed by atoms with Crippen LogP contribution in [0.2, 0.25) is 0 Å². The van der Waals surface area contributed by atoms with Gasteiger partial charge >= 0.3 is 0 Å². The highest BCUT2D eigenvalue weighted by atomic mass is 16.2. The molecule has 9 heteroatoms. The van der Waals surface area contributed by atoms with Gasteiger partial charge in [0.2, 0.25) is 0 Å². The first-order chi connectivity index (χ1) is 12.1. The van der Waals surface area contributed by atoms with Crippen LogP contribution in [0.1, 0.15) is 26.8 Å². The molecule has 25 heavy (non-hydrogen) atoms. The number of aromatic nitrogens is 5. The zero-order chi connectivity index (χ0) is 17.4. The Hall–Kier alpha value is -3.49. The Morgan fingerprint density at radius 3 is 2.60 bits per heavy atom. The van der Waals surface area contributed by atoms with E-state index < -0.39 is 5.91 Å². The van der Waals surface area contributed by atoms with Gasteiger partial charge in [-0.3, -0.25) is 9.59 Å². The summed E-state index contributed by atoms with van der Waals surface area (Å²) < 4.78 is 3.26. The molecule has 0 radical (unpaired) electrons. The molecular formula is C16H15N7O2. The third-order valence-electron chi connectivity index (χ3n) is 4.17. The maximum Gasteiger partial charge on any atom is 0.274 e. The lowest BCUT2D eigenvalue weighted by Gasteiger charge is -2.28. The molecule has 126 valence electrons. The summed E-state index contributed by atoms with van der Waals surface area (Å²) in [5.41, 5.74) is 6.84. The number of benzene rings is 1. The Bertz CT molecular complexity index is 945. The van der Waals surface area contributed by atoms with Crippen LogP contribution < -0.4 is 5.73 Å². The van der Waals surface area contributed by atoms with Gasteiger partial charge in [0, 0.05) is 13.1 Å². The van der Waals surface area contributed by atoms with Gasteiger partial charge in [0.1, 0.15) is 11.5 Å². The van der Waals surface area contributed by atoms with Crippen molar-refractivity contribution in [2.45, 2.75) is 13.1 Å². The number of hydrogen-bond acceptors (Lipinski definition) is 5. The average Bonchev–Trinajstić information content (AvgIpc) is 3.28. The number of para-hydroxylation sites is 1. The van der Waals surface area contributed by atoms with E-state index in [4.69, 9.17) is 5.73 Å². The van der Waals surface area contributed by atoms with Crippen molar-refractivity contribution in [2.75, 3.05) is 6.54 Å². The second kappa shape index (κ2) is 5.86. The average molecular weight is 337 g/mol. The van der Waals surface area contributed by atoms with Crippen LogP contribution in [-0.2, 0) is 13.1 Å². The lowest BCUT2D eigenvalue weighted by Crippen LogP contribution is -2.40. The van der Waals surface area contributed by atoms with Gasteiger partial charge in [0.15, 0.2) is 5.69 Å². The van der Waals surface area contributed by atoms with Gasteiger partial charge in [0.25, 0.3) is 11.8 Å². The largest absolute Gasteiger partial charge is 0.364 e. The number of primary amides is 1. The molecule has 0 atom stereocenters. The quantitative estimate of drug-likeness (QED) is 0.735. The minimum absolute atomic E-state index is 0.191. The first kappa shape index (κ1) is 15.1. The lowest BCUT2D eigenvalue weighted by molar-refractivity contribution is 0.0697. The Morgan fingerprint density at radius 1 is 1.04 bits per heavy atom. The Morgan fingerprint density at radius 2 is 1.84 bits per heavy atom. The summed E-state index contributed by atoms with van der Waals surface area (Å²) in [5.74, 6) is -0.0826. The van der Waals surface area contributed by atoms with Crippen molar-refractivity contribution >= 4 is 11.8 Å². The minimum Gasteiger partial charge on any atom is -0.364 e. The van der Waals surface area contributed by atoms with Crippen LogP contribution in [-0.4, -0.2) is 47.8 Å². The molecule has 0 bridgehead atoms. The number of nitrogens with zero attached hydrogens (tertiary/aromatic N) is 6. The molecule has 0 aliphatic carbocycles. The van der Waals surface area contributed by atoms with Gasteiger partial charge in [-0.2, -0.15) is 0 Å². The molecule has 0 spiro atoms. The summed E-state index contributed by atoms with van der Waals surface area (Å²) in [6.45, 7) is 1.21. The van der Waals surface area contributed by atoms with E-state index in [1.807, 2.05) is 30.3 Å². The molecule has 3 aromatic rings. The fraction of sp³-hybridized carbons (Fsp3) is 0.188. The van der Waals surface area contributed by atoms with Crippen molar-refractivity contribution in [1.82, 2.24) is 29.4 Å². The zero-order valence-electron chi connectivity index (χ0n) is 13.2. The number of rotatable bonds is 3. The molecule has 1 aromatic carbocycles. The number of hydrogen-bond donors (Lipinski definition) is 1. The van der Waals surface area contributed by atoms with Crippen molar-refractivity contribution in [3.8, 4) is 5.69 Å². The zero-order valence-corrected chi connectivity index (χ0v) is 13.2. The highest BCUT2D eigenvalue weighted by Gasteiger charge is 2.27. The third-order valence-corrected chi connectivity index (χ3v) is 4.17. The van der Waals surface area contributed by atoms with Crippen LogP contribution in [0, 0.1) is 0 Å². The molecule has 3 heterocycles. The Kier molecular flexibility index (Phi) is 3.53. The molecule has 1 aliphatic rings. The number of fused-ring (bicyclic) bond motifs is 1. The molecule has 2 amide bonds. The maximum absolute atomic E-state index is 12.9. The molecule has 1 aliphatic heterocycles. The summed E-state index contributed by atoms with van der Waals surface area (Å²) in [4.78, 5) is 30.2. The molecule has 0 fully saturated rings. The number of carbonyl (C=O) groups is 2. The molecule has 0 saturated carbocycles. The second-order valence-corrected chi connectivity index (χ2v) is 5.67. The van der Waals surface area contributed by atoms with Crippen LogP contribution >= 0.6 is 0 Å². The molecule has 0 unspecified atom stereocenters. The van der Waals surface area contributed by atoms with Crippen molar-refractivity contribution < 1.29 is 9.59 Å². The van der Waals surface area contributed by atoms with E-state index in [0.717, 1.165) is 5.69 Å². The van der Waals surface area contributed by atoms with E-state index in [-0.39, 0.29) is 5.91 Å². The van der Waals surface area contributed by atoms with Crippen LogP contribution in [0.4, 0.5) is 0 Å². The Balaban J connectivity index is 1.61. The number of amides is 2. The van der Waals surface area contributed by atoms with Crippen LogP contribution in [0.3, 0.4) is 0 Å². The first-order valence-corrected chi connectivity index (χ1v) is 7.75. The van der Waals surface area contributed by atoms with Crippen molar-refractivity contribution in [2.24, 2.45) is 5.73 Å². The summed E-state index contributed by atoms with van der Waals surface area (Å²) in [7, 11) is 0. The van der Waals surface area contributed by atoms with Gasteiger partial charge < -0.3 is 15.2 Å². The predicted octanol–water partition coefficient (Wildman–Crippen LogP) is 0.219. The van der Waals surface area contributed by atoms with Gasteiger partial charge in [-0.05, 0) is 12.1 Å². The lowest BCUT2D eigenvalue weighted by atomic mass is 10.2. The number of carbonyl (C=O) groups excluding carboxylic acids is 2. The normalized spacial score (nSPS) is 13.5. The summed E-state index contributed by atoms with van der Waals surface area (Å²) in [6.07, 6.45) is 2.90. The van der Waals surface area contributed by atoms with Gasteiger partial charge in [-0.15, -0.1) is 5.10 Å². The van der Waals surface area contributed by atoms with E-state index in [1.165, 1.54) is 17.1 Å². The van der Waals surface area contributed by atoms with Crippen molar-refractivity contribution in [3.63, 3.8) is 0 Å². The van der Waals surface area contributed by atoms with E-state index in [0.29, 0.717) is 36.8 Å². The molecule has 4 rings (SSSR count). The SMILES string of the molecule is NC(=O)c1cnc2n1CCN(C(=O)c1cnnn1-c1ccccc1)C2. The van der Waals surface area contributed by atoms with Gasteiger partial charge in [0.05, 0.1) is 24.6 Å². The first-order valence-electron chi connectivity index (χ1n) is 7.75. The highest BCUT2D eigenvalue weighted by molar-refractivity contribution is 5.93. The minimum atomic E-state index is -0.523. The molecule has 9 nitrogen and oxygen atoms in total. The smallest absolute Gasteiger partial charge is 0.274 e. The summed E-state index contributed by atoms with van der Waals surface area (Å²) in [5, 5.41) is 7.88. The molecule has 0 saturated heterocycles. The molecular weight excluding hydrogens is 322 g/mol. The standard InChI is InChI=1S/C16H15N7O2/c17-15(24)12-8-18-14-10-21(6-7-22(12)14)16(25)13-9-19-20-23(13)11-4-2-1-3-5-11/h1-5,8-9H,6-7,10H2,(H2,17,24).